The Balaban J connectivity index is 2.03. The first-order chi connectivity index (χ1) is 7.66. The van der Waals surface area contributed by atoms with Crippen molar-refractivity contribution in [2.24, 2.45) is 5.41 Å². The molecule has 0 saturated carbocycles. The SMILES string of the molecule is CC1(C)CCc2c(csc2-c2ncon2)C1. The fourth-order valence-electron chi connectivity index (χ4n) is 2.37. The van der Waals surface area contributed by atoms with E-state index in [0.717, 1.165) is 18.7 Å². The van der Waals surface area contributed by atoms with E-state index in [1.54, 1.807) is 11.3 Å². The van der Waals surface area contributed by atoms with E-state index in [9.17, 15) is 0 Å². The van der Waals surface area contributed by atoms with Gasteiger partial charge in [-0.1, -0.05) is 19.0 Å². The van der Waals surface area contributed by atoms with Crippen LogP contribution in [0.15, 0.2) is 16.3 Å². The number of thiophene rings is 1. The Labute approximate surface area is 98.5 Å². The first-order valence-electron chi connectivity index (χ1n) is 5.52. The van der Waals surface area contributed by atoms with Gasteiger partial charge in [-0.05, 0) is 41.2 Å². The number of rotatable bonds is 1. The lowest BCUT2D eigenvalue weighted by molar-refractivity contribution is 0.316. The minimum atomic E-state index is 0.433. The molecule has 4 heteroatoms. The van der Waals surface area contributed by atoms with Gasteiger partial charge in [0.1, 0.15) is 0 Å². The van der Waals surface area contributed by atoms with Gasteiger partial charge in [0.25, 0.3) is 0 Å². The molecule has 16 heavy (non-hydrogen) atoms. The van der Waals surface area contributed by atoms with E-state index >= 15 is 0 Å². The van der Waals surface area contributed by atoms with Crippen LogP contribution in [0.4, 0.5) is 0 Å². The van der Waals surface area contributed by atoms with Crippen molar-refractivity contribution in [3.8, 4) is 10.7 Å². The van der Waals surface area contributed by atoms with Crippen LogP contribution in [-0.2, 0) is 12.8 Å². The molecule has 0 fully saturated rings. The van der Waals surface area contributed by atoms with Crippen LogP contribution < -0.4 is 0 Å². The fraction of sp³-hybridized carbons (Fsp3) is 0.500. The summed E-state index contributed by atoms with van der Waals surface area (Å²) >= 11 is 1.74. The van der Waals surface area contributed by atoms with Gasteiger partial charge in [-0.15, -0.1) is 11.3 Å². The average molecular weight is 234 g/mol. The van der Waals surface area contributed by atoms with Crippen LogP contribution in [0.25, 0.3) is 10.7 Å². The molecule has 0 bridgehead atoms. The van der Waals surface area contributed by atoms with E-state index in [-0.39, 0.29) is 0 Å². The van der Waals surface area contributed by atoms with Crippen LogP contribution >= 0.6 is 11.3 Å². The van der Waals surface area contributed by atoms with Gasteiger partial charge < -0.3 is 4.52 Å². The van der Waals surface area contributed by atoms with E-state index in [0.29, 0.717) is 5.41 Å². The molecular formula is C12H14N2OS. The number of hydrogen-bond donors (Lipinski definition) is 0. The summed E-state index contributed by atoms with van der Waals surface area (Å²) in [6.45, 7) is 4.67. The number of aromatic nitrogens is 2. The fourth-order valence-corrected chi connectivity index (χ4v) is 3.42. The monoisotopic (exact) mass is 234 g/mol. The minimum absolute atomic E-state index is 0.433. The van der Waals surface area contributed by atoms with Gasteiger partial charge in [0.15, 0.2) is 0 Å². The molecule has 2 aromatic rings. The second-order valence-electron chi connectivity index (χ2n) is 5.16. The molecule has 3 nitrogen and oxygen atoms in total. The van der Waals surface area contributed by atoms with Gasteiger partial charge in [0.05, 0.1) is 4.88 Å². The minimum Gasteiger partial charge on any atom is -0.342 e. The lowest BCUT2D eigenvalue weighted by Crippen LogP contribution is -2.21. The maximum atomic E-state index is 4.82. The highest BCUT2D eigenvalue weighted by Crippen LogP contribution is 2.41. The van der Waals surface area contributed by atoms with E-state index < -0.39 is 0 Å². The van der Waals surface area contributed by atoms with Crippen LogP contribution in [0, 0.1) is 5.41 Å². The van der Waals surface area contributed by atoms with Crippen LogP contribution in [0.3, 0.4) is 0 Å². The molecule has 0 saturated heterocycles. The third-order valence-electron chi connectivity index (χ3n) is 3.27. The summed E-state index contributed by atoms with van der Waals surface area (Å²) in [5.74, 6) is 0.742. The smallest absolute Gasteiger partial charge is 0.214 e. The quantitative estimate of drug-likeness (QED) is 0.759. The molecule has 0 unspecified atom stereocenters. The summed E-state index contributed by atoms with van der Waals surface area (Å²) in [7, 11) is 0. The first kappa shape index (κ1) is 10.0. The van der Waals surface area contributed by atoms with E-state index in [1.165, 1.54) is 28.8 Å². The van der Waals surface area contributed by atoms with Gasteiger partial charge >= 0.3 is 0 Å². The summed E-state index contributed by atoms with van der Waals surface area (Å²) in [6, 6.07) is 0. The Morgan fingerprint density at radius 2 is 2.31 bits per heavy atom. The lowest BCUT2D eigenvalue weighted by Gasteiger charge is -2.29. The molecule has 0 aliphatic heterocycles. The molecular weight excluding hydrogens is 220 g/mol. The molecule has 0 spiro atoms. The van der Waals surface area contributed by atoms with Gasteiger partial charge in [0, 0.05) is 0 Å². The molecule has 1 aliphatic rings. The van der Waals surface area contributed by atoms with Crippen LogP contribution in [0.5, 0.6) is 0 Å². The van der Waals surface area contributed by atoms with Gasteiger partial charge in [-0.25, -0.2) is 0 Å². The van der Waals surface area contributed by atoms with Crippen molar-refractivity contribution in [3.05, 3.63) is 22.9 Å². The van der Waals surface area contributed by atoms with E-state index in [1.807, 2.05) is 0 Å². The van der Waals surface area contributed by atoms with Gasteiger partial charge in [-0.2, -0.15) is 4.98 Å². The Kier molecular flexibility index (Phi) is 2.14. The van der Waals surface area contributed by atoms with Crippen molar-refractivity contribution in [2.45, 2.75) is 33.1 Å². The number of hydrogen-bond acceptors (Lipinski definition) is 4. The van der Waals surface area contributed by atoms with E-state index in [4.69, 9.17) is 4.52 Å². The maximum Gasteiger partial charge on any atom is 0.214 e. The maximum absolute atomic E-state index is 4.82. The first-order valence-corrected chi connectivity index (χ1v) is 6.40. The predicted octanol–water partition coefficient (Wildman–Crippen LogP) is 3.31. The highest BCUT2D eigenvalue weighted by atomic mass is 32.1. The lowest BCUT2D eigenvalue weighted by atomic mass is 9.75. The molecule has 0 atom stereocenters. The molecule has 0 N–H and O–H groups in total. The highest BCUT2D eigenvalue weighted by Gasteiger charge is 2.28. The average Bonchev–Trinajstić information content (AvgIpc) is 2.82. The predicted molar refractivity (Wildman–Crippen MR) is 63.4 cm³/mol. The molecule has 2 aromatic heterocycles. The Hall–Kier alpha value is -1.16. The van der Waals surface area contributed by atoms with E-state index in [2.05, 4.69) is 29.4 Å². The third kappa shape index (κ3) is 1.57. The standard InChI is InChI=1S/C12H14N2OS/c1-12(2)4-3-9-8(5-12)6-16-10(9)11-13-7-15-14-11/h6-7H,3-5H2,1-2H3. The molecule has 1 aliphatic carbocycles. The second kappa shape index (κ2) is 3.42. The normalized spacial score (nSPS) is 18.4. The molecule has 0 radical (unpaired) electrons. The van der Waals surface area contributed by atoms with Crippen molar-refractivity contribution in [2.75, 3.05) is 0 Å². The second-order valence-corrected chi connectivity index (χ2v) is 6.04. The topological polar surface area (TPSA) is 38.9 Å². The Morgan fingerprint density at radius 1 is 1.44 bits per heavy atom. The van der Waals surface area contributed by atoms with Crippen LogP contribution in [0.2, 0.25) is 0 Å². The summed E-state index contributed by atoms with van der Waals surface area (Å²) in [4.78, 5) is 5.33. The Bertz CT molecular complexity index is 499. The summed E-state index contributed by atoms with van der Waals surface area (Å²) < 4.78 is 4.82. The summed E-state index contributed by atoms with van der Waals surface area (Å²) in [5, 5.41) is 6.18. The number of fused-ring (bicyclic) bond motifs is 1. The number of nitrogens with zero attached hydrogens (tertiary/aromatic N) is 2. The molecule has 3 rings (SSSR count). The van der Waals surface area contributed by atoms with Crippen LogP contribution in [-0.4, -0.2) is 10.1 Å². The van der Waals surface area contributed by atoms with Crippen molar-refractivity contribution < 1.29 is 4.52 Å². The van der Waals surface area contributed by atoms with Crippen molar-refractivity contribution >= 4 is 11.3 Å². The largest absolute Gasteiger partial charge is 0.342 e. The summed E-state index contributed by atoms with van der Waals surface area (Å²) in [5.41, 5.74) is 3.34. The van der Waals surface area contributed by atoms with Gasteiger partial charge in [0.2, 0.25) is 12.2 Å². The summed E-state index contributed by atoms with van der Waals surface area (Å²) in [6.07, 6.45) is 4.93. The molecule has 0 amide bonds. The zero-order valence-corrected chi connectivity index (χ0v) is 10.3. The molecule has 2 heterocycles. The third-order valence-corrected chi connectivity index (χ3v) is 4.33. The van der Waals surface area contributed by atoms with Gasteiger partial charge in [-0.3, -0.25) is 0 Å². The highest BCUT2D eigenvalue weighted by molar-refractivity contribution is 7.13. The Morgan fingerprint density at radius 3 is 3.06 bits per heavy atom. The van der Waals surface area contributed by atoms with Crippen molar-refractivity contribution in [1.82, 2.24) is 10.1 Å². The zero-order chi connectivity index (χ0) is 11.2. The van der Waals surface area contributed by atoms with Crippen molar-refractivity contribution in [1.29, 1.82) is 0 Å². The van der Waals surface area contributed by atoms with Crippen molar-refractivity contribution in [3.63, 3.8) is 0 Å². The van der Waals surface area contributed by atoms with Crippen LogP contribution in [0.1, 0.15) is 31.4 Å². The molecule has 84 valence electrons. The zero-order valence-electron chi connectivity index (χ0n) is 9.49. The molecule has 0 aromatic carbocycles.